The van der Waals surface area contributed by atoms with Crippen molar-refractivity contribution in [2.45, 2.75) is 38.9 Å². The summed E-state index contributed by atoms with van der Waals surface area (Å²) in [7, 11) is 3.04. The van der Waals surface area contributed by atoms with Crippen molar-refractivity contribution in [2.24, 2.45) is 0 Å². The van der Waals surface area contributed by atoms with Crippen molar-refractivity contribution < 1.29 is 23.7 Å². The molecule has 1 atom stereocenters. The molecule has 1 N–H and O–H groups in total. The van der Waals surface area contributed by atoms with E-state index in [1.54, 1.807) is 12.1 Å². The van der Waals surface area contributed by atoms with Crippen molar-refractivity contribution >= 4 is 11.0 Å². The average molecular weight is 336 g/mol. The van der Waals surface area contributed by atoms with Crippen LogP contribution in [-0.2, 0) is 11.2 Å². The number of aliphatic hydroxyl groups excluding tert-OH is 1. The van der Waals surface area contributed by atoms with Crippen LogP contribution in [0.15, 0.2) is 27.4 Å². The van der Waals surface area contributed by atoms with Gasteiger partial charge in [0.25, 0.3) is 0 Å². The molecule has 0 aliphatic heterocycles. The number of aliphatic hydroxyl groups is 1. The molecular formula is C18H24O6. The Morgan fingerprint density at radius 1 is 1.25 bits per heavy atom. The monoisotopic (exact) mass is 336 g/mol. The van der Waals surface area contributed by atoms with Crippen molar-refractivity contribution in [1.29, 1.82) is 0 Å². The lowest BCUT2D eigenvalue weighted by molar-refractivity contribution is -0.0955. The molecule has 0 saturated heterocycles. The number of hydrogen-bond donors (Lipinski definition) is 1. The Morgan fingerprint density at radius 3 is 2.54 bits per heavy atom. The summed E-state index contributed by atoms with van der Waals surface area (Å²) in [6.45, 7) is 5.97. The van der Waals surface area contributed by atoms with Gasteiger partial charge in [0.05, 0.1) is 25.9 Å². The number of benzene rings is 1. The van der Waals surface area contributed by atoms with Crippen LogP contribution in [0.2, 0.25) is 0 Å². The molecular weight excluding hydrogens is 312 g/mol. The Labute approximate surface area is 140 Å². The molecule has 1 aromatic carbocycles. The van der Waals surface area contributed by atoms with Crippen LogP contribution in [0.1, 0.15) is 26.3 Å². The van der Waals surface area contributed by atoms with Gasteiger partial charge in [-0.25, -0.2) is 4.79 Å². The van der Waals surface area contributed by atoms with Gasteiger partial charge in [-0.05, 0) is 32.9 Å². The largest absolute Gasteiger partial charge is 0.493 e. The second kappa shape index (κ2) is 7.23. The second-order valence-corrected chi connectivity index (χ2v) is 6.02. The van der Waals surface area contributed by atoms with Crippen LogP contribution in [-0.4, -0.2) is 37.6 Å². The van der Waals surface area contributed by atoms with E-state index in [-0.39, 0.29) is 6.42 Å². The number of rotatable bonds is 7. The van der Waals surface area contributed by atoms with Gasteiger partial charge < -0.3 is 23.7 Å². The van der Waals surface area contributed by atoms with Gasteiger partial charge in [0.1, 0.15) is 5.58 Å². The maximum absolute atomic E-state index is 11.6. The highest BCUT2D eigenvalue weighted by Gasteiger charge is 2.31. The standard InChI is InChI=1S/C18H24O6/c1-6-23-18(2,3)14(19)10-12-16-11(7-8-15(20)24-16)9-13(21-4)17(12)22-5/h7-9,14,19H,6,10H2,1-5H3. The molecule has 2 aromatic rings. The smallest absolute Gasteiger partial charge is 0.336 e. The Morgan fingerprint density at radius 2 is 1.96 bits per heavy atom. The molecule has 132 valence electrons. The molecule has 0 spiro atoms. The summed E-state index contributed by atoms with van der Waals surface area (Å²) >= 11 is 0. The van der Waals surface area contributed by atoms with Crippen molar-refractivity contribution in [3.63, 3.8) is 0 Å². The fourth-order valence-corrected chi connectivity index (χ4v) is 2.70. The summed E-state index contributed by atoms with van der Waals surface area (Å²) in [6.07, 6.45) is -0.635. The predicted molar refractivity (Wildman–Crippen MR) is 91.0 cm³/mol. The molecule has 6 nitrogen and oxygen atoms in total. The van der Waals surface area contributed by atoms with E-state index in [0.717, 1.165) is 0 Å². The lowest BCUT2D eigenvalue weighted by Gasteiger charge is -2.31. The third-order valence-electron chi connectivity index (χ3n) is 4.06. The number of fused-ring (bicyclic) bond motifs is 1. The lowest BCUT2D eigenvalue weighted by atomic mass is 9.93. The van der Waals surface area contributed by atoms with Crippen LogP contribution in [0, 0.1) is 0 Å². The van der Waals surface area contributed by atoms with Crippen molar-refractivity contribution in [1.82, 2.24) is 0 Å². The second-order valence-electron chi connectivity index (χ2n) is 6.02. The quantitative estimate of drug-likeness (QED) is 0.783. The SMILES string of the molecule is CCOC(C)(C)C(O)Cc1c(OC)c(OC)cc2ccc(=O)oc12. The van der Waals surface area contributed by atoms with Gasteiger partial charge in [-0.15, -0.1) is 0 Å². The minimum absolute atomic E-state index is 0.191. The summed E-state index contributed by atoms with van der Waals surface area (Å²) < 4.78 is 21.8. The summed E-state index contributed by atoms with van der Waals surface area (Å²) in [5.74, 6) is 0.945. The molecule has 0 aliphatic carbocycles. The van der Waals surface area contributed by atoms with Crippen LogP contribution < -0.4 is 15.1 Å². The molecule has 24 heavy (non-hydrogen) atoms. The topological polar surface area (TPSA) is 78.1 Å². The van der Waals surface area contributed by atoms with Gasteiger partial charge in [-0.3, -0.25) is 0 Å². The zero-order valence-corrected chi connectivity index (χ0v) is 14.7. The van der Waals surface area contributed by atoms with E-state index in [1.807, 2.05) is 20.8 Å². The number of ether oxygens (including phenoxy) is 3. The van der Waals surface area contributed by atoms with Crippen molar-refractivity contribution in [3.8, 4) is 11.5 Å². The molecule has 0 radical (unpaired) electrons. The molecule has 1 unspecified atom stereocenters. The highest BCUT2D eigenvalue weighted by molar-refractivity contribution is 5.85. The maximum atomic E-state index is 11.6. The first kappa shape index (κ1) is 18.3. The van der Waals surface area contributed by atoms with Crippen molar-refractivity contribution in [3.05, 3.63) is 34.2 Å². The number of hydrogen-bond acceptors (Lipinski definition) is 6. The fraction of sp³-hybridized carbons (Fsp3) is 0.500. The first-order valence-corrected chi connectivity index (χ1v) is 7.83. The van der Waals surface area contributed by atoms with Gasteiger partial charge >= 0.3 is 5.63 Å². The number of methoxy groups -OCH3 is 2. The third kappa shape index (κ3) is 3.55. The maximum Gasteiger partial charge on any atom is 0.336 e. The Balaban J connectivity index is 2.61. The summed E-state index contributed by atoms with van der Waals surface area (Å²) in [4.78, 5) is 11.6. The van der Waals surface area contributed by atoms with Crippen molar-refractivity contribution in [2.75, 3.05) is 20.8 Å². The minimum Gasteiger partial charge on any atom is -0.493 e. The van der Waals surface area contributed by atoms with E-state index < -0.39 is 17.3 Å². The van der Waals surface area contributed by atoms with Crippen LogP contribution in [0.25, 0.3) is 11.0 Å². The van der Waals surface area contributed by atoms with E-state index in [2.05, 4.69) is 0 Å². The predicted octanol–water partition coefficient (Wildman–Crippen LogP) is 2.53. The zero-order chi connectivity index (χ0) is 17.9. The zero-order valence-electron chi connectivity index (χ0n) is 14.7. The first-order chi connectivity index (χ1) is 11.3. The molecule has 2 rings (SSSR count). The normalized spacial score (nSPS) is 13.1. The molecule has 0 bridgehead atoms. The van der Waals surface area contributed by atoms with Crippen LogP contribution >= 0.6 is 0 Å². The van der Waals surface area contributed by atoms with E-state index >= 15 is 0 Å². The molecule has 0 aliphatic rings. The van der Waals surface area contributed by atoms with Gasteiger partial charge in [-0.2, -0.15) is 0 Å². The van der Waals surface area contributed by atoms with Crippen LogP contribution in [0.5, 0.6) is 11.5 Å². The molecule has 1 aromatic heterocycles. The Hall–Kier alpha value is -2.05. The highest BCUT2D eigenvalue weighted by atomic mass is 16.5. The molecule has 0 fully saturated rings. The highest BCUT2D eigenvalue weighted by Crippen LogP contribution is 2.38. The molecule has 6 heteroatoms. The van der Waals surface area contributed by atoms with Gasteiger partial charge in [0, 0.05) is 30.0 Å². The fourth-order valence-electron chi connectivity index (χ4n) is 2.70. The molecule has 0 saturated carbocycles. The summed E-state index contributed by atoms with van der Waals surface area (Å²) in [6, 6.07) is 4.74. The van der Waals surface area contributed by atoms with E-state index in [9.17, 15) is 9.90 Å². The van der Waals surface area contributed by atoms with E-state index in [1.165, 1.54) is 20.3 Å². The lowest BCUT2D eigenvalue weighted by Crippen LogP contribution is -2.40. The van der Waals surface area contributed by atoms with Crippen LogP contribution in [0.4, 0.5) is 0 Å². The van der Waals surface area contributed by atoms with E-state index in [0.29, 0.717) is 34.6 Å². The van der Waals surface area contributed by atoms with Gasteiger partial charge in [0.2, 0.25) is 0 Å². The average Bonchev–Trinajstić information content (AvgIpc) is 2.54. The first-order valence-electron chi connectivity index (χ1n) is 7.83. The van der Waals surface area contributed by atoms with Gasteiger partial charge in [0.15, 0.2) is 11.5 Å². The Kier molecular flexibility index (Phi) is 5.51. The van der Waals surface area contributed by atoms with E-state index in [4.69, 9.17) is 18.6 Å². The van der Waals surface area contributed by atoms with Crippen LogP contribution in [0.3, 0.4) is 0 Å². The molecule has 0 amide bonds. The summed E-state index contributed by atoms with van der Waals surface area (Å²) in [5.41, 5.74) is -0.268. The molecule has 1 heterocycles. The van der Waals surface area contributed by atoms with Gasteiger partial charge in [-0.1, -0.05) is 0 Å². The third-order valence-corrected chi connectivity index (χ3v) is 4.06. The Bertz CT molecular complexity index is 762. The minimum atomic E-state index is -0.827. The summed E-state index contributed by atoms with van der Waals surface area (Å²) in [5, 5.41) is 11.3.